The average molecular weight is 287 g/mol. The van der Waals surface area contributed by atoms with Crippen molar-refractivity contribution in [2.45, 2.75) is 13.8 Å². The normalized spacial score (nSPS) is 10.8. The number of carbonyl (C=O) groups is 1. The van der Waals surface area contributed by atoms with Crippen LogP contribution >= 0.6 is 11.6 Å². The number of aromatic nitrogens is 1. The van der Waals surface area contributed by atoms with Crippen molar-refractivity contribution < 1.29 is 4.79 Å². The van der Waals surface area contributed by atoms with Crippen LogP contribution in [0, 0.1) is 13.8 Å². The van der Waals surface area contributed by atoms with Crippen molar-refractivity contribution in [1.82, 2.24) is 4.98 Å². The van der Waals surface area contributed by atoms with Crippen molar-refractivity contribution in [3.63, 3.8) is 0 Å². The Kier molecular flexibility index (Phi) is 4.53. The molecule has 0 aliphatic heterocycles. The number of carbonyl (C=O) groups excluding carboxylic acids is 1. The van der Waals surface area contributed by atoms with Gasteiger partial charge in [0, 0.05) is 16.8 Å². The maximum Gasteiger partial charge on any atom is 0.249 e. The fourth-order valence-electron chi connectivity index (χ4n) is 1.85. The molecule has 0 atom stereocenters. The minimum atomic E-state index is -0.234. The van der Waals surface area contributed by atoms with E-state index in [1.807, 2.05) is 44.2 Å². The predicted octanol–water partition coefficient (Wildman–Crippen LogP) is 4.00. The molecule has 1 N–H and O–H groups in total. The lowest BCUT2D eigenvalue weighted by Crippen LogP contribution is -2.09. The molecule has 2 aromatic rings. The molecule has 0 saturated carbocycles. The van der Waals surface area contributed by atoms with E-state index in [4.69, 9.17) is 11.6 Å². The molecule has 3 nitrogen and oxygen atoms in total. The summed E-state index contributed by atoms with van der Waals surface area (Å²) in [5, 5.41) is 3.35. The third kappa shape index (κ3) is 3.93. The van der Waals surface area contributed by atoms with E-state index in [9.17, 15) is 4.79 Å². The standard InChI is InChI=1S/C16H15ClN2O/c1-11-9-12(2)18-15(10-11)19-16(20)8-7-13-5-3-4-6-14(13)17/h3-10H,1-2H3,(H,18,19,20)/b8-7+. The molecule has 0 aliphatic carbocycles. The van der Waals surface area contributed by atoms with E-state index in [1.165, 1.54) is 6.08 Å². The van der Waals surface area contributed by atoms with Gasteiger partial charge in [-0.1, -0.05) is 29.8 Å². The van der Waals surface area contributed by atoms with Gasteiger partial charge in [0.2, 0.25) is 5.91 Å². The predicted molar refractivity (Wildman–Crippen MR) is 82.8 cm³/mol. The highest BCUT2D eigenvalue weighted by Gasteiger charge is 2.01. The summed E-state index contributed by atoms with van der Waals surface area (Å²) in [6.45, 7) is 3.85. The van der Waals surface area contributed by atoms with Gasteiger partial charge in [0.15, 0.2) is 0 Å². The third-order valence-corrected chi connectivity index (χ3v) is 3.01. The number of pyridine rings is 1. The summed E-state index contributed by atoms with van der Waals surface area (Å²) in [4.78, 5) is 16.1. The maximum atomic E-state index is 11.8. The van der Waals surface area contributed by atoms with Gasteiger partial charge in [0.05, 0.1) is 0 Å². The topological polar surface area (TPSA) is 42.0 Å². The molecule has 0 fully saturated rings. The molecule has 1 amide bonds. The molecule has 1 aromatic heterocycles. The number of nitrogens with one attached hydrogen (secondary N) is 1. The summed E-state index contributed by atoms with van der Waals surface area (Å²) in [6, 6.07) is 11.1. The summed E-state index contributed by atoms with van der Waals surface area (Å²) in [6.07, 6.45) is 3.13. The molecule has 4 heteroatoms. The van der Waals surface area contributed by atoms with E-state index >= 15 is 0 Å². The fourth-order valence-corrected chi connectivity index (χ4v) is 2.05. The molecule has 0 unspecified atom stereocenters. The number of nitrogens with zero attached hydrogens (tertiary/aromatic N) is 1. The van der Waals surface area contributed by atoms with Crippen molar-refractivity contribution in [3.8, 4) is 0 Å². The number of aryl methyl sites for hydroxylation is 2. The van der Waals surface area contributed by atoms with Crippen LogP contribution in [-0.4, -0.2) is 10.9 Å². The van der Waals surface area contributed by atoms with Crippen molar-refractivity contribution in [3.05, 3.63) is 64.3 Å². The summed E-state index contributed by atoms with van der Waals surface area (Å²) >= 11 is 6.01. The molecule has 0 radical (unpaired) electrons. The van der Waals surface area contributed by atoms with Gasteiger partial charge >= 0.3 is 0 Å². The second kappa shape index (κ2) is 6.35. The number of halogens is 1. The van der Waals surface area contributed by atoms with Gasteiger partial charge < -0.3 is 5.32 Å². The van der Waals surface area contributed by atoms with Crippen LogP contribution in [-0.2, 0) is 4.79 Å². The first-order chi connectivity index (χ1) is 9.54. The highest BCUT2D eigenvalue weighted by molar-refractivity contribution is 6.32. The van der Waals surface area contributed by atoms with E-state index in [1.54, 1.807) is 12.1 Å². The van der Waals surface area contributed by atoms with Gasteiger partial charge in [-0.2, -0.15) is 0 Å². The third-order valence-electron chi connectivity index (χ3n) is 2.67. The molecule has 0 bridgehead atoms. The van der Waals surface area contributed by atoms with Crippen molar-refractivity contribution >= 4 is 29.4 Å². The summed E-state index contributed by atoms with van der Waals surface area (Å²) in [5.41, 5.74) is 2.73. The van der Waals surface area contributed by atoms with Crippen molar-refractivity contribution in [1.29, 1.82) is 0 Å². The van der Waals surface area contributed by atoms with Crippen LogP contribution in [0.5, 0.6) is 0 Å². The molecular weight excluding hydrogens is 272 g/mol. The van der Waals surface area contributed by atoms with Crippen LogP contribution in [0.2, 0.25) is 5.02 Å². The van der Waals surface area contributed by atoms with Crippen LogP contribution in [0.3, 0.4) is 0 Å². The lowest BCUT2D eigenvalue weighted by Gasteiger charge is -2.04. The van der Waals surface area contributed by atoms with E-state index in [-0.39, 0.29) is 5.91 Å². The SMILES string of the molecule is Cc1cc(C)nc(NC(=O)/C=C/c2ccccc2Cl)c1. The zero-order valence-electron chi connectivity index (χ0n) is 11.4. The van der Waals surface area contributed by atoms with E-state index in [0.29, 0.717) is 10.8 Å². The Morgan fingerprint density at radius 2 is 2.00 bits per heavy atom. The number of benzene rings is 1. The number of hydrogen-bond donors (Lipinski definition) is 1. The number of amides is 1. The summed E-state index contributed by atoms with van der Waals surface area (Å²) < 4.78 is 0. The van der Waals surface area contributed by atoms with Gasteiger partial charge in [0.25, 0.3) is 0 Å². The Labute approximate surface area is 123 Å². The van der Waals surface area contributed by atoms with E-state index < -0.39 is 0 Å². The minimum absolute atomic E-state index is 0.234. The van der Waals surface area contributed by atoms with Crippen LogP contribution in [0.1, 0.15) is 16.8 Å². The molecule has 2 rings (SSSR count). The largest absolute Gasteiger partial charge is 0.307 e. The monoisotopic (exact) mass is 286 g/mol. The highest BCUT2D eigenvalue weighted by atomic mass is 35.5. The fraction of sp³-hybridized carbons (Fsp3) is 0.125. The van der Waals surface area contributed by atoms with Gasteiger partial charge in [-0.15, -0.1) is 0 Å². The van der Waals surface area contributed by atoms with E-state index in [2.05, 4.69) is 10.3 Å². The zero-order valence-corrected chi connectivity index (χ0v) is 12.1. The first-order valence-electron chi connectivity index (χ1n) is 6.23. The second-order valence-corrected chi connectivity index (χ2v) is 4.92. The molecule has 20 heavy (non-hydrogen) atoms. The smallest absolute Gasteiger partial charge is 0.249 e. The zero-order chi connectivity index (χ0) is 14.5. The number of anilines is 1. The summed E-state index contributed by atoms with van der Waals surface area (Å²) in [7, 11) is 0. The molecule has 102 valence electrons. The molecule has 1 heterocycles. The lowest BCUT2D eigenvalue weighted by molar-refractivity contribution is -0.111. The molecule has 0 spiro atoms. The minimum Gasteiger partial charge on any atom is -0.307 e. The number of rotatable bonds is 3. The van der Waals surface area contributed by atoms with Crippen LogP contribution in [0.25, 0.3) is 6.08 Å². The van der Waals surface area contributed by atoms with Gasteiger partial charge in [0.1, 0.15) is 5.82 Å². The Hall–Kier alpha value is -2.13. The van der Waals surface area contributed by atoms with Gasteiger partial charge in [-0.25, -0.2) is 4.98 Å². The summed E-state index contributed by atoms with van der Waals surface area (Å²) in [5.74, 6) is 0.318. The van der Waals surface area contributed by atoms with Crippen molar-refractivity contribution in [2.24, 2.45) is 0 Å². The second-order valence-electron chi connectivity index (χ2n) is 4.52. The van der Waals surface area contributed by atoms with E-state index in [0.717, 1.165) is 16.8 Å². The Morgan fingerprint density at radius 1 is 1.25 bits per heavy atom. The first kappa shape index (κ1) is 14.3. The first-order valence-corrected chi connectivity index (χ1v) is 6.61. The quantitative estimate of drug-likeness (QED) is 0.867. The molecule has 1 aromatic carbocycles. The highest BCUT2D eigenvalue weighted by Crippen LogP contribution is 2.16. The Bertz CT molecular complexity index is 645. The van der Waals surface area contributed by atoms with Crippen LogP contribution in [0.4, 0.5) is 5.82 Å². The van der Waals surface area contributed by atoms with Gasteiger partial charge in [-0.05, 0) is 49.2 Å². The van der Waals surface area contributed by atoms with Crippen molar-refractivity contribution in [2.75, 3.05) is 5.32 Å². The molecular formula is C16H15ClN2O. The van der Waals surface area contributed by atoms with Gasteiger partial charge in [-0.3, -0.25) is 4.79 Å². The maximum absolute atomic E-state index is 11.8. The molecule has 0 aliphatic rings. The number of hydrogen-bond acceptors (Lipinski definition) is 2. The van der Waals surface area contributed by atoms with Crippen LogP contribution < -0.4 is 5.32 Å². The van der Waals surface area contributed by atoms with Crippen LogP contribution in [0.15, 0.2) is 42.5 Å². The Morgan fingerprint density at radius 3 is 2.70 bits per heavy atom. The Balaban J connectivity index is 2.07. The lowest BCUT2D eigenvalue weighted by atomic mass is 10.2. The average Bonchev–Trinajstić information content (AvgIpc) is 2.36. The molecule has 0 saturated heterocycles.